The lowest BCUT2D eigenvalue weighted by Gasteiger charge is -2.39. The first-order chi connectivity index (χ1) is 6.26. The lowest BCUT2D eigenvalue weighted by Crippen LogP contribution is -2.49. The molecule has 0 aliphatic carbocycles. The molecule has 0 N–H and O–H groups in total. The molecule has 78 valence electrons. The molecule has 2 nitrogen and oxygen atoms in total. The summed E-state index contributed by atoms with van der Waals surface area (Å²) < 4.78 is 0. The van der Waals surface area contributed by atoms with Gasteiger partial charge in [-0.15, -0.1) is 0 Å². The van der Waals surface area contributed by atoms with Crippen molar-refractivity contribution in [3.05, 3.63) is 0 Å². The maximum absolute atomic E-state index is 2.62. The fourth-order valence-corrected chi connectivity index (χ4v) is 2.24. The van der Waals surface area contributed by atoms with Gasteiger partial charge >= 0.3 is 0 Å². The van der Waals surface area contributed by atoms with Gasteiger partial charge in [-0.3, -0.25) is 0 Å². The van der Waals surface area contributed by atoms with E-state index in [0.29, 0.717) is 0 Å². The second-order valence-corrected chi connectivity index (χ2v) is 4.39. The molecular weight excluding hydrogens is 160 g/mol. The average Bonchev–Trinajstić information content (AvgIpc) is 2.02. The first-order valence-corrected chi connectivity index (χ1v) is 5.67. The van der Waals surface area contributed by atoms with E-state index in [2.05, 4.69) is 30.7 Å². The lowest BCUT2D eigenvalue weighted by molar-refractivity contribution is 0.0906. The minimum atomic E-state index is 0.947. The van der Waals surface area contributed by atoms with Crippen LogP contribution in [0.4, 0.5) is 0 Å². The maximum Gasteiger partial charge on any atom is 0.00342 e. The zero-order chi connectivity index (χ0) is 9.68. The fourth-order valence-electron chi connectivity index (χ4n) is 2.24. The number of nitrogens with zero attached hydrogens (tertiary/aromatic N) is 2. The third-order valence-corrected chi connectivity index (χ3v) is 2.74. The van der Waals surface area contributed by atoms with Crippen LogP contribution < -0.4 is 0 Å². The first-order valence-electron chi connectivity index (χ1n) is 5.67. The summed E-state index contributed by atoms with van der Waals surface area (Å²) in [5.41, 5.74) is 0. The molecule has 0 amide bonds. The van der Waals surface area contributed by atoms with Crippen molar-refractivity contribution in [3.8, 4) is 0 Å². The third kappa shape index (κ3) is 3.65. The van der Waals surface area contributed by atoms with E-state index in [-0.39, 0.29) is 0 Å². The van der Waals surface area contributed by atoms with Crippen molar-refractivity contribution in [1.29, 1.82) is 0 Å². The summed E-state index contributed by atoms with van der Waals surface area (Å²) in [6.45, 7) is 11.1. The Morgan fingerprint density at radius 2 is 1.69 bits per heavy atom. The topological polar surface area (TPSA) is 6.48 Å². The van der Waals surface area contributed by atoms with Crippen molar-refractivity contribution < 1.29 is 0 Å². The monoisotopic (exact) mass is 184 g/mol. The normalized spacial score (nSPS) is 19.4. The average molecular weight is 184 g/mol. The van der Waals surface area contributed by atoms with Crippen LogP contribution in [-0.4, -0.2) is 49.6 Å². The van der Waals surface area contributed by atoms with Gasteiger partial charge in [0, 0.05) is 19.6 Å². The van der Waals surface area contributed by atoms with E-state index >= 15 is 0 Å². The van der Waals surface area contributed by atoms with Crippen LogP contribution in [0.25, 0.3) is 0 Å². The van der Waals surface area contributed by atoms with Gasteiger partial charge in [0.15, 0.2) is 0 Å². The highest BCUT2D eigenvalue weighted by atomic mass is 15.2. The number of hydrogen-bond acceptors (Lipinski definition) is 2. The number of rotatable bonds is 6. The Hall–Kier alpha value is -0.0800. The summed E-state index contributed by atoms with van der Waals surface area (Å²) in [7, 11) is 2.21. The second kappa shape index (κ2) is 5.61. The maximum atomic E-state index is 2.62. The molecular formula is C11H24N2. The predicted molar refractivity (Wildman–Crippen MR) is 58.0 cm³/mol. The first kappa shape index (κ1) is 11.0. The molecule has 1 aliphatic heterocycles. The molecule has 1 rings (SSSR count). The Labute approximate surface area is 82.9 Å². The van der Waals surface area contributed by atoms with Crippen LogP contribution in [-0.2, 0) is 0 Å². The molecule has 0 bridgehead atoms. The van der Waals surface area contributed by atoms with Crippen molar-refractivity contribution >= 4 is 0 Å². The van der Waals surface area contributed by atoms with E-state index < -0.39 is 0 Å². The van der Waals surface area contributed by atoms with Crippen LogP contribution in [0.3, 0.4) is 0 Å². The molecule has 0 radical (unpaired) electrons. The Bertz CT molecular complexity index is 124. The van der Waals surface area contributed by atoms with E-state index in [9.17, 15) is 0 Å². The highest BCUT2D eigenvalue weighted by Gasteiger charge is 2.24. The zero-order valence-electron chi connectivity index (χ0n) is 9.42. The predicted octanol–water partition coefficient (Wildman–Crippen LogP) is 1.67. The Morgan fingerprint density at radius 3 is 2.08 bits per heavy atom. The summed E-state index contributed by atoms with van der Waals surface area (Å²) in [6, 6.07) is 0. The zero-order valence-corrected chi connectivity index (χ0v) is 9.42. The minimum Gasteiger partial charge on any atom is -0.306 e. The molecule has 0 aromatic rings. The van der Waals surface area contributed by atoms with Gasteiger partial charge in [-0.1, -0.05) is 13.8 Å². The van der Waals surface area contributed by atoms with Gasteiger partial charge in [0.05, 0.1) is 0 Å². The smallest absolute Gasteiger partial charge is 0.00342 e. The highest BCUT2D eigenvalue weighted by Crippen LogP contribution is 2.14. The summed E-state index contributed by atoms with van der Waals surface area (Å²) >= 11 is 0. The van der Waals surface area contributed by atoms with Crippen molar-refractivity contribution in [3.63, 3.8) is 0 Å². The quantitative estimate of drug-likeness (QED) is 0.619. The van der Waals surface area contributed by atoms with Crippen LogP contribution in [0.2, 0.25) is 0 Å². The molecule has 0 aromatic carbocycles. The summed E-state index contributed by atoms with van der Waals surface area (Å²) in [5, 5.41) is 0. The molecule has 1 saturated heterocycles. The molecule has 1 aliphatic rings. The highest BCUT2D eigenvalue weighted by molar-refractivity contribution is 4.79. The van der Waals surface area contributed by atoms with Crippen molar-refractivity contribution in [2.45, 2.75) is 26.7 Å². The van der Waals surface area contributed by atoms with Gasteiger partial charge in [0.2, 0.25) is 0 Å². The third-order valence-electron chi connectivity index (χ3n) is 2.74. The van der Waals surface area contributed by atoms with E-state index in [4.69, 9.17) is 0 Å². The summed E-state index contributed by atoms with van der Waals surface area (Å²) in [5.74, 6) is 0.947. The number of likely N-dealkylation sites (tertiary alicyclic amines) is 1. The lowest BCUT2D eigenvalue weighted by atomic mass is 10.0. The minimum absolute atomic E-state index is 0.947. The van der Waals surface area contributed by atoms with E-state index in [1.54, 1.807) is 0 Å². The molecule has 13 heavy (non-hydrogen) atoms. The van der Waals surface area contributed by atoms with Crippen LogP contribution >= 0.6 is 0 Å². The Kier molecular flexibility index (Phi) is 4.74. The van der Waals surface area contributed by atoms with E-state index in [1.807, 2.05) is 0 Å². The van der Waals surface area contributed by atoms with Gasteiger partial charge in [-0.05, 0) is 38.9 Å². The molecule has 0 atom stereocenters. The van der Waals surface area contributed by atoms with Crippen LogP contribution in [0.1, 0.15) is 26.7 Å². The summed E-state index contributed by atoms with van der Waals surface area (Å²) in [6.07, 6.45) is 2.59. The van der Waals surface area contributed by atoms with Crippen LogP contribution in [0, 0.1) is 5.92 Å². The van der Waals surface area contributed by atoms with Gasteiger partial charge in [0.25, 0.3) is 0 Å². The van der Waals surface area contributed by atoms with Gasteiger partial charge in [-0.2, -0.15) is 0 Å². The molecule has 1 heterocycles. The Morgan fingerprint density at radius 1 is 1.15 bits per heavy atom. The Balaban J connectivity index is 2.14. The molecule has 0 aromatic heterocycles. The molecule has 0 unspecified atom stereocenters. The van der Waals surface area contributed by atoms with Crippen molar-refractivity contribution in [1.82, 2.24) is 9.80 Å². The summed E-state index contributed by atoms with van der Waals surface area (Å²) in [4.78, 5) is 5.03. The number of hydrogen-bond donors (Lipinski definition) is 0. The largest absolute Gasteiger partial charge is 0.306 e. The second-order valence-electron chi connectivity index (χ2n) is 4.39. The standard InChI is InChI=1S/C11H24N2/c1-4-6-13(7-5-2)10-11-8-12(3)9-11/h11H,4-10H2,1-3H3. The fraction of sp³-hybridized carbons (Fsp3) is 1.00. The van der Waals surface area contributed by atoms with Gasteiger partial charge in [0.1, 0.15) is 0 Å². The van der Waals surface area contributed by atoms with Crippen molar-refractivity contribution in [2.24, 2.45) is 5.92 Å². The van der Waals surface area contributed by atoms with Gasteiger partial charge in [-0.25, -0.2) is 0 Å². The van der Waals surface area contributed by atoms with Crippen LogP contribution in [0.15, 0.2) is 0 Å². The molecule has 0 spiro atoms. The molecule has 1 fully saturated rings. The van der Waals surface area contributed by atoms with Crippen LogP contribution in [0.5, 0.6) is 0 Å². The molecule has 0 saturated carbocycles. The van der Waals surface area contributed by atoms with Crippen molar-refractivity contribution in [2.75, 3.05) is 39.8 Å². The molecule has 2 heteroatoms. The SMILES string of the molecule is CCCN(CCC)CC1CN(C)C1. The van der Waals surface area contributed by atoms with E-state index in [1.165, 1.54) is 45.6 Å². The van der Waals surface area contributed by atoms with E-state index in [0.717, 1.165) is 5.92 Å². The van der Waals surface area contributed by atoms with Gasteiger partial charge < -0.3 is 9.80 Å².